The van der Waals surface area contributed by atoms with E-state index in [1.807, 2.05) is 0 Å². The van der Waals surface area contributed by atoms with Gasteiger partial charge in [-0.15, -0.1) is 12.4 Å². The summed E-state index contributed by atoms with van der Waals surface area (Å²) >= 11 is 0. The van der Waals surface area contributed by atoms with Crippen molar-refractivity contribution in [3.63, 3.8) is 0 Å². The number of rotatable bonds is 10. The molecule has 154 valence electrons. The van der Waals surface area contributed by atoms with Crippen molar-refractivity contribution < 1.29 is 17.9 Å². The maximum atomic E-state index is 12.2. The molecule has 0 spiro atoms. The molecule has 27 heavy (non-hydrogen) atoms. The first kappa shape index (κ1) is 23.8. The molecule has 0 radical (unpaired) electrons. The number of piperidine rings is 1. The van der Waals surface area contributed by atoms with Gasteiger partial charge in [-0.3, -0.25) is 4.79 Å². The molecule has 0 aromatic heterocycles. The van der Waals surface area contributed by atoms with Gasteiger partial charge in [0.2, 0.25) is 15.9 Å². The van der Waals surface area contributed by atoms with Crippen LogP contribution in [0.4, 0.5) is 0 Å². The number of hydrogen-bond donors (Lipinski definition) is 3. The highest BCUT2D eigenvalue weighted by Gasteiger charge is 2.15. The minimum Gasteiger partial charge on any atom is -0.383 e. The SMILES string of the molecule is COCCNS(=O)(=O)c1cccc(CNC(=O)CCC2CCNCC2)c1.Cl. The van der Waals surface area contributed by atoms with Gasteiger partial charge in [-0.2, -0.15) is 0 Å². The second kappa shape index (κ2) is 12.3. The molecule has 1 saturated heterocycles. The lowest BCUT2D eigenvalue weighted by Gasteiger charge is -2.22. The topological polar surface area (TPSA) is 96.5 Å². The van der Waals surface area contributed by atoms with Crippen LogP contribution >= 0.6 is 12.4 Å². The lowest BCUT2D eigenvalue weighted by molar-refractivity contribution is -0.121. The molecule has 1 heterocycles. The average molecular weight is 420 g/mol. The van der Waals surface area contributed by atoms with Crippen LogP contribution in [-0.2, 0) is 26.1 Å². The third-order valence-electron chi connectivity index (χ3n) is 4.54. The van der Waals surface area contributed by atoms with Gasteiger partial charge >= 0.3 is 0 Å². The summed E-state index contributed by atoms with van der Waals surface area (Å²) in [5.41, 5.74) is 0.759. The number of sulfonamides is 1. The predicted octanol–water partition coefficient (Wildman–Crippen LogP) is 1.43. The number of halogens is 1. The summed E-state index contributed by atoms with van der Waals surface area (Å²) < 4.78 is 31.8. The van der Waals surface area contributed by atoms with Crippen LogP contribution in [0.5, 0.6) is 0 Å². The zero-order valence-electron chi connectivity index (χ0n) is 15.7. The van der Waals surface area contributed by atoms with E-state index in [0.717, 1.165) is 37.9 Å². The summed E-state index contributed by atoms with van der Waals surface area (Å²) in [6.07, 6.45) is 3.68. The van der Waals surface area contributed by atoms with E-state index < -0.39 is 10.0 Å². The lowest BCUT2D eigenvalue weighted by atomic mass is 9.93. The second-order valence-electron chi connectivity index (χ2n) is 6.55. The first-order valence-corrected chi connectivity index (χ1v) is 10.5. The predicted molar refractivity (Wildman–Crippen MR) is 107 cm³/mol. The van der Waals surface area contributed by atoms with Gasteiger partial charge in [0, 0.05) is 26.6 Å². The van der Waals surface area contributed by atoms with Crippen molar-refractivity contribution in [3.8, 4) is 0 Å². The van der Waals surface area contributed by atoms with Crippen LogP contribution in [0.1, 0.15) is 31.2 Å². The van der Waals surface area contributed by atoms with E-state index in [-0.39, 0.29) is 29.8 Å². The van der Waals surface area contributed by atoms with Crippen molar-refractivity contribution in [2.24, 2.45) is 5.92 Å². The standard InChI is InChI=1S/C18H29N3O4S.ClH/c1-25-12-11-21-26(23,24)17-4-2-3-16(13-17)14-20-18(22)6-5-15-7-9-19-10-8-15;/h2-4,13,15,19,21H,5-12,14H2,1H3,(H,20,22);1H. The first-order valence-electron chi connectivity index (χ1n) is 9.06. The summed E-state index contributed by atoms with van der Waals surface area (Å²) in [6, 6.07) is 6.61. The molecular formula is C18H30ClN3O4S. The van der Waals surface area contributed by atoms with Gasteiger partial charge in [0.15, 0.2) is 0 Å². The highest BCUT2D eigenvalue weighted by atomic mass is 35.5. The molecular weight excluding hydrogens is 390 g/mol. The first-order chi connectivity index (χ1) is 12.5. The molecule has 0 aliphatic carbocycles. The monoisotopic (exact) mass is 419 g/mol. The van der Waals surface area contributed by atoms with E-state index in [9.17, 15) is 13.2 Å². The molecule has 3 N–H and O–H groups in total. The minimum absolute atomic E-state index is 0. The normalized spacial score (nSPS) is 15.1. The summed E-state index contributed by atoms with van der Waals surface area (Å²) in [6.45, 7) is 2.92. The zero-order chi connectivity index (χ0) is 18.8. The van der Waals surface area contributed by atoms with Crippen LogP contribution in [0.2, 0.25) is 0 Å². The van der Waals surface area contributed by atoms with Crippen molar-refractivity contribution in [2.45, 2.75) is 37.1 Å². The smallest absolute Gasteiger partial charge is 0.240 e. The molecule has 7 nitrogen and oxygen atoms in total. The fourth-order valence-corrected chi connectivity index (χ4v) is 4.06. The van der Waals surface area contributed by atoms with E-state index in [1.54, 1.807) is 18.2 Å². The van der Waals surface area contributed by atoms with Gasteiger partial charge in [-0.25, -0.2) is 13.1 Å². The van der Waals surface area contributed by atoms with Crippen LogP contribution in [0.15, 0.2) is 29.2 Å². The number of benzene rings is 1. The van der Waals surface area contributed by atoms with Crippen molar-refractivity contribution >= 4 is 28.3 Å². The van der Waals surface area contributed by atoms with Gasteiger partial charge in [-0.05, 0) is 56.0 Å². The maximum absolute atomic E-state index is 12.2. The molecule has 0 atom stereocenters. The Kier molecular flexibility index (Phi) is 10.9. The Morgan fingerprint density at radius 2 is 2.04 bits per heavy atom. The Bertz CT molecular complexity index is 679. The second-order valence-corrected chi connectivity index (χ2v) is 8.31. The number of ether oxygens (including phenoxy) is 1. The van der Waals surface area contributed by atoms with Crippen LogP contribution in [0, 0.1) is 5.92 Å². The summed E-state index contributed by atoms with van der Waals surface area (Å²) in [5.74, 6) is 0.628. The molecule has 1 aliphatic rings. The zero-order valence-corrected chi connectivity index (χ0v) is 17.3. The van der Waals surface area contributed by atoms with Gasteiger partial charge in [-0.1, -0.05) is 12.1 Å². The van der Waals surface area contributed by atoms with Crippen molar-refractivity contribution in [1.82, 2.24) is 15.4 Å². The summed E-state index contributed by atoms with van der Waals surface area (Å²) in [5, 5.41) is 6.20. The van der Waals surface area contributed by atoms with Gasteiger partial charge in [0.1, 0.15) is 0 Å². The number of amides is 1. The number of carbonyl (C=O) groups excluding carboxylic acids is 1. The van der Waals surface area contributed by atoms with Crippen LogP contribution < -0.4 is 15.4 Å². The number of hydrogen-bond acceptors (Lipinski definition) is 5. The minimum atomic E-state index is -3.57. The Morgan fingerprint density at radius 3 is 2.74 bits per heavy atom. The van der Waals surface area contributed by atoms with Crippen LogP contribution in [-0.4, -0.2) is 47.7 Å². The van der Waals surface area contributed by atoms with Crippen LogP contribution in [0.25, 0.3) is 0 Å². The summed E-state index contributed by atoms with van der Waals surface area (Å²) in [4.78, 5) is 12.2. The third kappa shape index (κ3) is 8.57. The van der Waals surface area contributed by atoms with E-state index in [4.69, 9.17) is 4.74 Å². The molecule has 1 aliphatic heterocycles. The molecule has 0 bridgehead atoms. The Balaban J connectivity index is 0.00000364. The Hall–Kier alpha value is -1.19. The largest absolute Gasteiger partial charge is 0.383 e. The fraction of sp³-hybridized carbons (Fsp3) is 0.611. The highest BCUT2D eigenvalue weighted by Crippen LogP contribution is 2.17. The van der Waals surface area contributed by atoms with E-state index >= 15 is 0 Å². The van der Waals surface area contributed by atoms with Crippen molar-refractivity contribution in [1.29, 1.82) is 0 Å². The molecule has 1 aromatic carbocycles. The van der Waals surface area contributed by atoms with Crippen LogP contribution in [0.3, 0.4) is 0 Å². The van der Waals surface area contributed by atoms with E-state index in [1.165, 1.54) is 13.2 Å². The quantitative estimate of drug-likeness (QED) is 0.498. The lowest BCUT2D eigenvalue weighted by Crippen LogP contribution is -2.29. The number of methoxy groups -OCH3 is 1. The van der Waals surface area contributed by atoms with Gasteiger partial charge in [0.25, 0.3) is 0 Å². The summed E-state index contributed by atoms with van der Waals surface area (Å²) in [7, 11) is -2.05. The highest BCUT2D eigenvalue weighted by molar-refractivity contribution is 7.89. The Morgan fingerprint density at radius 1 is 1.30 bits per heavy atom. The fourth-order valence-electron chi connectivity index (χ4n) is 2.98. The molecule has 1 amide bonds. The van der Waals surface area contributed by atoms with E-state index in [0.29, 0.717) is 25.5 Å². The Labute approximate surface area is 168 Å². The molecule has 1 fully saturated rings. The molecule has 0 unspecified atom stereocenters. The van der Waals surface area contributed by atoms with Gasteiger partial charge in [0.05, 0.1) is 11.5 Å². The maximum Gasteiger partial charge on any atom is 0.240 e. The number of nitrogens with one attached hydrogen (secondary N) is 3. The van der Waals surface area contributed by atoms with Gasteiger partial charge < -0.3 is 15.4 Å². The average Bonchev–Trinajstić information content (AvgIpc) is 2.66. The van der Waals surface area contributed by atoms with Crippen molar-refractivity contribution in [2.75, 3.05) is 33.4 Å². The molecule has 9 heteroatoms. The third-order valence-corrected chi connectivity index (χ3v) is 5.99. The molecule has 1 aromatic rings. The number of carbonyl (C=O) groups is 1. The van der Waals surface area contributed by atoms with E-state index in [2.05, 4.69) is 15.4 Å². The molecule has 0 saturated carbocycles. The molecule has 2 rings (SSSR count). The van der Waals surface area contributed by atoms with Crippen molar-refractivity contribution in [3.05, 3.63) is 29.8 Å².